The SMILES string of the molecule is CCc1ccc(-c2nc(C)c(C(=O)OC(C)C(=O)Nc3c(C)cccc3C)s2)cc1. The number of hydrogen-bond acceptors (Lipinski definition) is 5. The lowest BCUT2D eigenvalue weighted by molar-refractivity contribution is -0.123. The Labute approximate surface area is 181 Å². The quantitative estimate of drug-likeness (QED) is 0.534. The minimum atomic E-state index is -0.926. The van der Waals surface area contributed by atoms with Crippen molar-refractivity contribution in [3.8, 4) is 10.6 Å². The van der Waals surface area contributed by atoms with Crippen molar-refractivity contribution in [3.05, 3.63) is 69.7 Å². The Kier molecular flexibility index (Phi) is 6.67. The molecule has 0 aliphatic rings. The summed E-state index contributed by atoms with van der Waals surface area (Å²) in [6, 6.07) is 13.9. The minimum Gasteiger partial charge on any atom is -0.448 e. The van der Waals surface area contributed by atoms with Crippen LogP contribution >= 0.6 is 11.3 Å². The van der Waals surface area contributed by atoms with Crippen LogP contribution in [-0.4, -0.2) is 23.0 Å². The second-order valence-corrected chi connectivity index (χ2v) is 8.29. The second-order valence-electron chi connectivity index (χ2n) is 7.29. The van der Waals surface area contributed by atoms with E-state index >= 15 is 0 Å². The molecule has 1 atom stereocenters. The number of esters is 1. The normalized spacial score (nSPS) is 11.8. The molecule has 1 N–H and O–H groups in total. The molecule has 0 bridgehead atoms. The number of amides is 1. The molecule has 1 unspecified atom stereocenters. The molecule has 0 fully saturated rings. The Morgan fingerprint density at radius 1 is 1.07 bits per heavy atom. The fourth-order valence-electron chi connectivity index (χ4n) is 3.10. The van der Waals surface area contributed by atoms with Crippen molar-refractivity contribution in [2.45, 2.75) is 47.1 Å². The largest absolute Gasteiger partial charge is 0.448 e. The number of rotatable bonds is 6. The number of ether oxygens (including phenoxy) is 1. The van der Waals surface area contributed by atoms with E-state index in [0.717, 1.165) is 33.8 Å². The molecule has 1 heterocycles. The Bertz CT molecular complexity index is 1050. The van der Waals surface area contributed by atoms with Gasteiger partial charge in [0.15, 0.2) is 6.10 Å². The van der Waals surface area contributed by atoms with E-state index in [0.29, 0.717) is 10.6 Å². The number of carbonyl (C=O) groups is 2. The average molecular weight is 423 g/mol. The maximum Gasteiger partial charge on any atom is 0.351 e. The van der Waals surface area contributed by atoms with Gasteiger partial charge in [0, 0.05) is 11.3 Å². The molecule has 3 aromatic rings. The number of para-hydroxylation sites is 1. The highest BCUT2D eigenvalue weighted by molar-refractivity contribution is 7.17. The minimum absolute atomic E-state index is 0.363. The van der Waals surface area contributed by atoms with Gasteiger partial charge >= 0.3 is 5.97 Å². The molecular weight excluding hydrogens is 396 g/mol. The van der Waals surface area contributed by atoms with Gasteiger partial charge in [-0.3, -0.25) is 4.79 Å². The number of benzene rings is 2. The molecular formula is C24H26N2O3S. The highest BCUT2D eigenvalue weighted by Crippen LogP contribution is 2.29. The van der Waals surface area contributed by atoms with Crippen LogP contribution in [-0.2, 0) is 16.0 Å². The van der Waals surface area contributed by atoms with Crippen LogP contribution in [0, 0.1) is 20.8 Å². The van der Waals surface area contributed by atoms with Gasteiger partial charge in [-0.05, 0) is 50.8 Å². The van der Waals surface area contributed by atoms with Crippen LogP contribution in [0.5, 0.6) is 0 Å². The van der Waals surface area contributed by atoms with E-state index < -0.39 is 12.1 Å². The molecule has 3 rings (SSSR count). The van der Waals surface area contributed by atoms with Crippen LogP contribution in [0.3, 0.4) is 0 Å². The molecule has 1 aromatic heterocycles. The van der Waals surface area contributed by atoms with E-state index in [4.69, 9.17) is 4.74 Å². The van der Waals surface area contributed by atoms with Gasteiger partial charge in [0.25, 0.3) is 5.91 Å². The summed E-state index contributed by atoms with van der Waals surface area (Å²) in [5.41, 5.74) is 5.47. The predicted molar refractivity (Wildman–Crippen MR) is 121 cm³/mol. The third kappa shape index (κ3) is 4.76. The first-order valence-electron chi connectivity index (χ1n) is 9.95. The molecule has 156 valence electrons. The Balaban J connectivity index is 1.70. The van der Waals surface area contributed by atoms with Gasteiger partial charge in [-0.25, -0.2) is 9.78 Å². The van der Waals surface area contributed by atoms with Crippen molar-refractivity contribution in [2.24, 2.45) is 0 Å². The first-order valence-corrected chi connectivity index (χ1v) is 10.8. The van der Waals surface area contributed by atoms with Gasteiger partial charge in [-0.15, -0.1) is 11.3 Å². The number of nitrogens with one attached hydrogen (secondary N) is 1. The van der Waals surface area contributed by atoms with E-state index in [1.807, 2.05) is 44.2 Å². The summed E-state index contributed by atoms with van der Waals surface area (Å²) in [5, 5.41) is 3.62. The van der Waals surface area contributed by atoms with Crippen molar-refractivity contribution < 1.29 is 14.3 Å². The topological polar surface area (TPSA) is 68.3 Å². The number of aryl methyl sites for hydroxylation is 4. The lowest BCUT2D eigenvalue weighted by Crippen LogP contribution is -2.30. The van der Waals surface area contributed by atoms with Gasteiger partial charge in [-0.1, -0.05) is 49.4 Å². The molecule has 0 saturated heterocycles. The smallest absolute Gasteiger partial charge is 0.351 e. The van der Waals surface area contributed by atoms with E-state index in [1.165, 1.54) is 16.9 Å². The van der Waals surface area contributed by atoms with Gasteiger partial charge in [0.2, 0.25) is 0 Å². The van der Waals surface area contributed by atoms with E-state index in [1.54, 1.807) is 13.8 Å². The first kappa shape index (κ1) is 21.7. The fourth-order valence-corrected chi connectivity index (χ4v) is 4.05. The Morgan fingerprint density at radius 2 is 1.70 bits per heavy atom. The van der Waals surface area contributed by atoms with Crippen LogP contribution in [0.25, 0.3) is 10.6 Å². The summed E-state index contributed by atoms with van der Waals surface area (Å²) >= 11 is 1.28. The number of aromatic nitrogens is 1. The van der Waals surface area contributed by atoms with Gasteiger partial charge in [0.1, 0.15) is 9.88 Å². The number of thiazole rings is 1. The summed E-state index contributed by atoms with van der Waals surface area (Å²) in [4.78, 5) is 30.2. The van der Waals surface area contributed by atoms with Crippen molar-refractivity contribution in [1.29, 1.82) is 0 Å². The van der Waals surface area contributed by atoms with Gasteiger partial charge < -0.3 is 10.1 Å². The maximum absolute atomic E-state index is 12.7. The second kappa shape index (κ2) is 9.22. The van der Waals surface area contributed by atoms with Gasteiger partial charge in [0.05, 0.1) is 5.69 Å². The molecule has 0 aliphatic heterocycles. The summed E-state index contributed by atoms with van der Waals surface area (Å²) in [5.74, 6) is -0.899. The zero-order chi connectivity index (χ0) is 21.8. The predicted octanol–water partition coefficient (Wildman–Crippen LogP) is 5.48. The maximum atomic E-state index is 12.7. The van der Waals surface area contributed by atoms with Crippen LogP contribution in [0.15, 0.2) is 42.5 Å². The van der Waals surface area contributed by atoms with E-state index in [-0.39, 0.29) is 5.91 Å². The summed E-state index contributed by atoms with van der Waals surface area (Å²) in [6.45, 7) is 9.30. The van der Waals surface area contributed by atoms with Crippen molar-refractivity contribution in [3.63, 3.8) is 0 Å². The zero-order valence-corrected chi connectivity index (χ0v) is 18.7. The van der Waals surface area contributed by atoms with Crippen LogP contribution < -0.4 is 5.32 Å². The average Bonchev–Trinajstić information content (AvgIpc) is 3.12. The molecule has 5 nitrogen and oxygen atoms in total. The summed E-state index contributed by atoms with van der Waals surface area (Å²) < 4.78 is 5.44. The highest BCUT2D eigenvalue weighted by Gasteiger charge is 2.23. The zero-order valence-electron chi connectivity index (χ0n) is 17.9. The molecule has 6 heteroatoms. The number of hydrogen-bond donors (Lipinski definition) is 1. The number of nitrogens with zero attached hydrogens (tertiary/aromatic N) is 1. The Hall–Kier alpha value is -2.99. The summed E-state index contributed by atoms with van der Waals surface area (Å²) in [7, 11) is 0. The lowest BCUT2D eigenvalue weighted by Gasteiger charge is -2.16. The first-order chi connectivity index (χ1) is 14.3. The third-order valence-corrected chi connectivity index (χ3v) is 6.16. The van der Waals surface area contributed by atoms with Crippen LogP contribution in [0.1, 0.15) is 45.9 Å². The lowest BCUT2D eigenvalue weighted by atomic mass is 10.1. The van der Waals surface area contributed by atoms with Crippen molar-refractivity contribution in [1.82, 2.24) is 4.98 Å². The molecule has 2 aromatic carbocycles. The van der Waals surface area contributed by atoms with Crippen LogP contribution in [0.4, 0.5) is 5.69 Å². The third-order valence-electron chi connectivity index (χ3n) is 4.97. The van der Waals surface area contributed by atoms with E-state index in [2.05, 4.69) is 29.4 Å². The number of carbonyl (C=O) groups excluding carboxylic acids is 2. The van der Waals surface area contributed by atoms with Crippen molar-refractivity contribution in [2.75, 3.05) is 5.32 Å². The highest BCUT2D eigenvalue weighted by atomic mass is 32.1. The van der Waals surface area contributed by atoms with Crippen molar-refractivity contribution >= 4 is 28.9 Å². The number of anilines is 1. The molecule has 1 amide bonds. The van der Waals surface area contributed by atoms with E-state index in [9.17, 15) is 9.59 Å². The molecule has 0 radical (unpaired) electrons. The molecule has 0 aliphatic carbocycles. The van der Waals surface area contributed by atoms with Crippen LogP contribution in [0.2, 0.25) is 0 Å². The molecule has 0 saturated carbocycles. The summed E-state index contributed by atoms with van der Waals surface area (Å²) in [6.07, 6.45) is 0.0433. The van der Waals surface area contributed by atoms with Gasteiger partial charge in [-0.2, -0.15) is 0 Å². The standard InChI is InChI=1S/C24H26N2O3S/c1-6-18-10-12-19(13-11-18)23-25-16(4)21(30-23)24(28)29-17(5)22(27)26-20-14(2)8-7-9-15(20)3/h7-13,17H,6H2,1-5H3,(H,26,27). The Morgan fingerprint density at radius 3 is 2.30 bits per heavy atom. The monoisotopic (exact) mass is 422 g/mol. The molecule has 30 heavy (non-hydrogen) atoms. The fraction of sp³-hybridized carbons (Fsp3) is 0.292. The molecule has 0 spiro atoms.